The van der Waals surface area contributed by atoms with Crippen molar-refractivity contribution in [2.24, 2.45) is 28.3 Å². The number of nitrogens with two attached hydrogens (primary N) is 4. The Labute approximate surface area is 259 Å². The fourth-order valence-electron chi connectivity index (χ4n) is 5.95. The first kappa shape index (κ1) is 31.6. The van der Waals surface area contributed by atoms with Crippen LogP contribution in [0.15, 0.2) is 72.8 Å². The lowest BCUT2D eigenvalue weighted by molar-refractivity contribution is -0.211. The number of piperidine rings is 1. The minimum absolute atomic E-state index is 0.00265. The molecule has 224 valence electrons. The maximum absolute atomic E-state index is 14.0. The lowest BCUT2D eigenvalue weighted by Crippen LogP contribution is -2.88. The molecule has 1 aliphatic heterocycles. The molecular formula is C28H25Cl3N6O6. The molecule has 0 bridgehead atoms. The van der Waals surface area contributed by atoms with Crippen LogP contribution in [0.1, 0.15) is 17.0 Å². The van der Waals surface area contributed by atoms with E-state index < -0.39 is 58.7 Å². The van der Waals surface area contributed by atoms with Crippen molar-refractivity contribution in [3.05, 3.63) is 99.0 Å². The Morgan fingerprint density at radius 1 is 0.767 bits per heavy atom. The number of urea groups is 1. The molecule has 10 N–H and O–H groups in total. The number of carbonyl (C=O) groups is 5. The van der Waals surface area contributed by atoms with Crippen molar-refractivity contribution >= 4 is 70.2 Å². The maximum atomic E-state index is 14.0. The summed E-state index contributed by atoms with van der Waals surface area (Å²) in [4.78, 5) is 69.0. The number of nitrogens with one attached hydrogen (secondary N) is 1. The second kappa shape index (κ2) is 11.4. The zero-order valence-electron chi connectivity index (χ0n) is 22.1. The summed E-state index contributed by atoms with van der Waals surface area (Å²) in [7, 11) is 0. The number of rotatable bonds is 7. The molecule has 0 radical (unpaired) electrons. The van der Waals surface area contributed by atoms with Crippen molar-refractivity contribution in [3.8, 4) is 0 Å². The fourth-order valence-corrected chi connectivity index (χ4v) is 6.38. The average molecular weight is 648 g/mol. The first-order valence-corrected chi connectivity index (χ1v) is 13.6. The molecule has 1 saturated heterocycles. The van der Waals surface area contributed by atoms with Crippen LogP contribution in [0.4, 0.5) is 10.5 Å². The quantitative estimate of drug-likeness (QED) is 0.210. The smallest absolute Gasteiger partial charge is 0.323 e. The molecule has 1 aliphatic rings. The summed E-state index contributed by atoms with van der Waals surface area (Å²) in [6.45, 7) is -0.753. The maximum Gasteiger partial charge on any atom is 0.323 e. The molecule has 0 saturated carbocycles. The lowest BCUT2D eigenvalue weighted by Gasteiger charge is -2.61. The van der Waals surface area contributed by atoms with Crippen LogP contribution in [-0.4, -0.2) is 51.7 Å². The standard InChI is InChI=1S/C28H25Cl3N6O6/c29-16-7-9-17(10-8-16)36-25(42)37-13-18(14-6-11-19(30)20(31)12-14)28(43,15-4-2-1-3-5-15)26(21(32)38,22(33)39)27(37,23(34)40)24(35)41/h1-12,18,43H,13H2,(H2,32,38)(H2,33,39)(H2,34,40)(H2,35,41)(H,36,42). The molecule has 3 aromatic carbocycles. The van der Waals surface area contributed by atoms with Crippen LogP contribution in [-0.2, 0) is 24.8 Å². The monoisotopic (exact) mass is 646 g/mol. The summed E-state index contributed by atoms with van der Waals surface area (Å²) in [5, 5.41) is 15.7. The molecule has 12 nitrogen and oxygen atoms in total. The predicted molar refractivity (Wildman–Crippen MR) is 159 cm³/mol. The third kappa shape index (κ3) is 4.54. The van der Waals surface area contributed by atoms with Crippen molar-refractivity contribution in [2.45, 2.75) is 17.1 Å². The Morgan fingerprint density at radius 3 is 1.81 bits per heavy atom. The van der Waals surface area contributed by atoms with E-state index in [1.807, 2.05) is 0 Å². The van der Waals surface area contributed by atoms with Crippen molar-refractivity contribution in [1.29, 1.82) is 0 Å². The van der Waals surface area contributed by atoms with E-state index in [1.165, 1.54) is 66.7 Å². The number of benzene rings is 3. The van der Waals surface area contributed by atoms with Gasteiger partial charge in [0.25, 0.3) is 11.8 Å². The van der Waals surface area contributed by atoms with E-state index in [2.05, 4.69) is 5.32 Å². The molecule has 4 rings (SSSR count). The molecule has 6 amide bonds. The summed E-state index contributed by atoms with van der Waals surface area (Å²) < 4.78 is 0. The van der Waals surface area contributed by atoms with Gasteiger partial charge in [-0.2, -0.15) is 0 Å². The van der Waals surface area contributed by atoms with Gasteiger partial charge in [-0.1, -0.05) is 71.2 Å². The van der Waals surface area contributed by atoms with Gasteiger partial charge in [0, 0.05) is 23.2 Å². The topological polar surface area (TPSA) is 225 Å². The summed E-state index contributed by atoms with van der Waals surface area (Å²) in [6.07, 6.45) is 0. The molecule has 3 aromatic rings. The highest BCUT2D eigenvalue weighted by Crippen LogP contribution is 2.60. The van der Waals surface area contributed by atoms with Crippen LogP contribution in [0.3, 0.4) is 0 Å². The molecule has 15 heteroatoms. The van der Waals surface area contributed by atoms with Gasteiger partial charge >= 0.3 is 6.03 Å². The first-order chi connectivity index (χ1) is 20.2. The number of halogens is 3. The number of carbonyl (C=O) groups excluding carboxylic acids is 5. The highest BCUT2D eigenvalue weighted by molar-refractivity contribution is 6.42. The summed E-state index contributed by atoms with van der Waals surface area (Å²) in [5.74, 6) is -8.58. The minimum Gasteiger partial charge on any atom is -0.383 e. The van der Waals surface area contributed by atoms with Crippen LogP contribution in [0, 0.1) is 5.41 Å². The van der Waals surface area contributed by atoms with Crippen molar-refractivity contribution in [2.75, 3.05) is 11.9 Å². The van der Waals surface area contributed by atoms with Gasteiger partial charge in [-0.05, 0) is 47.5 Å². The molecule has 0 spiro atoms. The number of aliphatic hydroxyl groups is 1. The van der Waals surface area contributed by atoms with Crippen molar-refractivity contribution in [1.82, 2.24) is 4.90 Å². The van der Waals surface area contributed by atoms with Gasteiger partial charge in [-0.15, -0.1) is 0 Å². The van der Waals surface area contributed by atoms with Crippen LogP contribution in [0.2, 0.25) is 15.1 Å². The third-order valence-corrected chi connectivity index (χ3v) is 8.73. The SMILES string of the molecule is NC(=O)C1(C(N)=O)N(C(=O)Nc2ccc(Cl)cc2)CC(c2ccc(Cl)c(Cl)c2)C(O)(c2ccccc2)C1(C(N)=O)C(N)=O. The number of likely N-dealkylation sites (tertiary alicyclic amines) is 1. The second-order valence-electron chi connectivity index (χ2n) is 9.82. The van der Waals surface area contributed by atoms with Crippen LogP contribution in [0.25, 0.3) is 0 Å². The van der Waals surface area contributed by atoms with E-state index in [1.54, 1.807) is 6.07 Å². The van der Waals surface area contributed by atoms with Crippen LogP contribution >= 0.6 is 34.8 Å². The number of amides is 6. The molecule has 0 aromatic heterocycles. The van der Waals surface area contributed by atoms with Crippen LogP contribution in [0.5, 0.6) is 0 Å². The number of nitrogens with zero attached hydrogens (tertiary/aromatic N) is 1. The Balaban J connectivity index is 2.17. The largest absolute Gasteiger partial charge is 0.383 e. The Kier molecular flexibility index (Phi) is 8.35. The third-order valence-electron chi connectivity index (χ3n) is 7.74. The van der Waals surface area contributed by atoms with E-state index in [0.29, 0.717) is 9.92 Å². The summed E-state index contributed by atoms with van der Waals surface area (Å²) >= 11 is 18.4. The van der Waals surface area contributed by atoms with Gasteiger partial charge in [-0.3, -0.25) is 24.1 Å². The Hall–Kier alpha value is -4.36. The Bertz CT molecular complexity index is 1610. The van der Waals surface area contributed by atoms with Gasteiger partial charge in [0.2, 0.25) is 22.8 Å². The fraction of sp³-hybridized carbons (Fsp3) is 0.179. The Morgan fingerprint density at radius 2 is 1.33 bits per heavy atom. The summed E-state index contributed by atoms with van der Waals surface area (Å²) in [6, 6.07) is 15.6. The normalized spacial score (nSPS) is 20.6. The van der Waals surface area contributed by atoms with E-state index in [0.717, 1.165) is 0 Å². The summed E-state index contributed by atoms with van der Waals surface area (Å²) in [5.41, 5.74) is 13.4. The van der Waals surface area contributed by atoms with E-state index in [4.69, 9.17) is 57.7 Å². The van der Waals surface area contributed by atoms with Gasteiger partial charge in [0.1, 0.15) is 5.60 Å². The highest BCUT2D eigenvalue weighted by Gasteiger charge is 2.83. The molecule has 1 fully saturated rings. The van der Waals surface area contributed by atoms with E-state index >= 15 is 0 Å². The molecule has 0 aliphatic carbocycles. The molecule has 1 heterocycles. The number of anilines is 1. The minimum atomic E-state index is -3.49. The van der Waals surface area contributed by atoms with Crippen LogP contribution < -0.4 is 28.3 Å². The molecule has 2 unspecified atom stereocenters. The van der Waals surface area contributed by atoms with Crippen molar-refractivity contribution < 1.29 is 29.1 Å². The molecule has 2 atom stereocenters. The van der Waals surface area contributed by atoms with E-state index in [9.17, 15) is 29.1 Å². The highest BCUT2D eigenvalue weighted by atomic mass is 35.5. The first-order valence-electron chi connectivity index (χ1n) is 12.4. The molecule has 43 heavy (non-hydrogen) atoms. The van der Waals surface area contributed by atoms with Gasteiger partial charge in [-0.25, -0.2) is 4.79 Å². The lowest BCUT2D eigenvalue weighted by atomic mass is 9.48. The number of hydrogen-bond donors (Lipinski definition) is 6. The number of primary amides is 4. The zero-order chi connectivity index (χ0) is 31.9. The average Bonchev–Trinajstić information content (AvgIpc) is 2.95. The van der Waals surface area contributed by atoms with Gasteiger partial charge in [0.15, 0.2) is 0 Å². The second-order valence-corrected chi connectivity index (χ2v) is 11.1. The van der Waals surface area contributed by atoms with Gasteiger partial charge < -0.3 is 33.4 Å². The zero-order valence-corrected chi connectivity index (χ0v) is 24.4. The predicted octanol–water partition coefficient (Wildman–Crippen LogP) is 1.83. The number of hydrogen-bond acceptors (Lipinski definition) is 6. The van der Waals surface area contributed by atoms with Gasteiger partial charge in [0.05, 0.1) is 10.0 Å². The van der Waals surface area contributed by atoms with Crippen molar-refractivity contribution in [3.63, 3.8) is 0 Å². The van der Waals surface area contributed by atoms with E-state index in [-0.39, 0.29) is 26.9 Å². The molecular weight excluding hydrogens is 623 g/mol.